The van der Waals surface area contributed by atoms with Gasteiger partial charge in [-0.15, -0.1) is 0 Å². The van der Waals surface area contributed by atoms with Crippen molar-refractivity contribution in [3.05, 3.63) is 42.5 Å². The molecule has 2 aliphatic carbocycles. The predicted molar refractivity (Wildman–Crippen MR) is 77.8 cm³/mol. The molecular weight excluding hydrogens is 250 g/mol. The Morgan fingerprint density at radius 1 is 1.35 bits per heavy atom. The average molecular weight is 269 g/mol. The van der Waals surface area contributed by atoms with E-state index in [0.717, 1.165) is 11.6 Å². The predicted octanol–water partition coefficient (Wildman–Crippen LogP) is 3.71. The van der Waals surface area contributed by atoms with E-state index in [-0.39, 0.29) is 12.7 Å². The van der Waals surface area contributed by atoms with Crippen LogP contribution in [-0.2, 0) is 4.74 Å². The number of fused-ring (bicyclic) bond motifs is 6. The standard InChI is InChI=1S/C17H19NO2/c1-2-10-20-17(19)18-14-9-4-3-6-13(14)15-11-7-5-8-12(11)16(15)18/h2-4,6,9,11-12,15-16H,1,5,7-8,10H2/t11-,12+,15+,16+/m1/s1. The summed E-state index contributed by atoms with van der Waals surface area (Å²) in [5.74, 6) is 1.98. The van der Waals surface area contributed by atoms with Crippen LogP contribution in [0.25, 0.3) is 0 Å². The third kappa shape index (κ3) is 1.43. The van der Waals surface area contributed by atoms with Gasteiger partial charge < -0.3 is 4.74 Å². The quantitative estimate of drug-likeness (QED) is 0.766. The smallest absolute Gasteiger partial charge is 0.414 e. The minimum Gasteiger partial charge on any atom is -0.445 e. The van der Waals surface area contributed by atoms with Gasteiger partial charge in [0, 0.05) is 5.92 Å². The molecule has 3 nitrogen and oxygen atoms in total. The Kier molecular flexibility index (Phi) is 2.62. The van der Waals surface area contributed by atoms with Crippen molar-refractivity contribution in [3.8, 4) is 0 Å². The lowest BCUT2D eigenvalue weighted by atomic mass is 9.61. The number of hydrogen-bond acceptors (Lipinski definition) is 2. The Hall–Kier alpha value is -1.77. The molecule has 1 amide bonds. The van der Waals surface area contributed by atoms with Crippen LogP contribution >= 0.6 is 0 Å². The van der Waals surface area contributed by atoms with E-state index in [2.05, 4.69) is 24.8 Å². The highest BCUT2D eigenvalue weighted by Crippen LogP contribution is 2.63. The van der Waals surface area contributed by atoms with Crippen molar-refractivity contribution < 1.29 is 9.53 Å². The number of carbonyl (C=O) groups excluding carboxylic acids is 1. The number of amides is 1. The maximum atomic E-state index is 12.4. The molecule has 0 N–H and O–H groups in total. The van der Waals surface area contributed by atoms with Crippen LogP contribution in [0, 0.1) is 11.8 Å². The summed E-state index contributed by atoms with van der Waals surface area (Å²) in [5.41, 5.74) is 2.40. The molecule has 20 heavy (non-hydrogen) atoms. The first-order chi connectivity index (χ1) is 9.83. The van der Waals surface area contributed by atoms with Crippen LogP contribution in [0.15, 0.2) is 36.9 Å². The molecule has 0 aromatic heterocycles. The molecule has 1 heterocycles. The fourth-order valence-corrected chi connectivity index (χ4v) is 4.60. The second-order valence-corrected chi connectivity index (χ2v) is 6.07. The SMILES string of the molecule is C=CCOC(=O)N1c2ccccc2[C@@H]2[C@@H]3CCC[C@@H]3[C@@H]21. The van der Waals surface area contributed by atoms with E-state index in [9.17, 15) is 4.79 Å². The highest BCUT2D eigenvalue weighted by atomic mass is 16.6. The molecule has 4 atom stereocenters. The molecule has 0 bridgehead atoms. The van der Waals surface area contributed by atoms with Crippen molar-refractivity contribution in [3.63, 3.8) is 0 Å². The Labute approximate surface area is 119 Å². The number of para-hydroxylation sites is 1. The zero-order valence-corrected chi connectivity index (χ0v) is 11.5. The first kappa shape index (κ1) is 12.0. The molecule has 1 aromatic rings. The number of carbonyl (C=O) groups is 1. The van der Waals surface area contributed by atoms with Gasteiger partial charge in [0.25, 0.3) is 0 Å². The van der Waals surface area contributed by atoms with Gasteiger partial charge in [-0.05, 0) is 36.3 Å². The van der Waals surface area contributed by atoms with Gasteiger partial charge in [0.1, 0.15) is 6.61 Å². The molecule has 2 saturated carbocycles. The summed E-state index contributed by atoms with van der Waals surface area (Å²) >= 11 is 0. The van der Waals surface area contributed by atoms with Crippen LogP contribution in [0.3, 0.4) is 0 Å². The van der Waals surface area contributed by atoms with Gasteiger partial charge in [-0.25, -0.2) is 4.79 Å². The monoisotopic (exact) mass is 269 g/mol. The summed E-state index contributed by atoms with van der Waals surface area (Å²) in [6, 6.07) is 8.65. The normalized spacial score (nSPS) is 32.9. The molecule has 104 valence electrons. The zero-order valence-electron chi connectivity index (χ0n) is 11.5. The number of hydrogen-bond donors (Lipinski definition) is 0. The highest BCUT2D eigenvalue weighted by Gasteiger charge is 2.60. The molecule has 1 aromatic carbocycles. The fourth-order valence-electron chi connectivity index (χ4n) is 4.60. The Bertz CT molecular complexity index is 568. The number of nitrogens with zero attached hydrogens (tertiary/aromatic N) is 1. The Morgan fingerprint density at radius 3 is 3.00 bits per heavy atom. The number of anilines is 1. The first-order valence-corrected chi connectivity index (χ1v) is 7.48. The van der Waals surface area contributed by atoms with E-state index in [1.807, 2.05) is 11.0 Å². The van der Waals surface area contributed by atoms with Gasteiger partial charge in [-0.1, -0.05) is 37.3 Å². The van der Waals surface area contributed by atoms with E-state index in [1.54, 1.807) is 6.08 Å². The van der Waals surface area contributed by atoms with Gasteiger partial charge in [0.05, 0.1) is 11.7 Å². The molecule has 0 radical (unpaired) electrons. The average Bonchev–Trinajstić information content (AvgIpc) is 2.98. The van der Waals surface area contributed by atoms with E-state index in [1.165, 1.54) is 24.8 Å². The molecule has 0 spiro atoms. The fraction of sp³-hybridized carbons (Fsp3) is 0.471. The highest BCUT2D eigenvalue weighted by molar-refractivity contribution is 5.92. The maximum Gasteiger partial charge on any atom is 0.414 e. The van der Waals surface area contributed by atoms with Crippen molar-refractivity contribution >= 4 is 11.8 Å². The van der Waals surface area contributed by atoms with Gasteiger partial charge in [-0.2, -0.15) is 0 Å². The summed E-state index contributed by atoms with van der Waals surface area (Å²) in [5, 5.41) is 0. The first-order valence-electron chi connectivity index (χ1n) is 7.48. The molecule has 3 heteroatoms. The van der Waals surface area contributed by atoms with Crippen LogP contribution in [-0.4, -0.2) is 18.7 Å². The zero-order chi connectivity index (χ0) is 13.7. The van der Waals surface area contributed by atoms with Crippen molar-refractivity contribution in [2.45, 2.75) is 31.2 Å². The molecule has 2 fully saturated rings. The molecule has 4 rings (SSSR count). The van der Waals surface area contributed by atoms with E-state index < -0.39 is 0 Å². The van der Waals surface area contributed by atoms with Gasteiger partial charge in [0.2, 0.25) is 0 Å². The van der Waals surface area contributed by atoms with Crippen molar-refractivity contribution in [2.24, 2.45) is 11.8 Å². The van der Waals surface area contributed by atoms with Gasteiger partial charge in [-0.3, -0.25) is 4.90 Å². The molecule has 0 unspecified atom stereocenters. The lowest BCUT2D eigenvalue weighted by molar-refractivity contribution is 0.114. The second kappa shape index (κ2) is 4.37. The van der Waals surface area contributed by atoms with Gasteiger partial charge >= 0.3 is 6.09 Å². The van der Waals surface area contributed by atoms with Crippen LogP contribution in [0.4, 0.5) is 10.5 Å². The van der Waals surface area contributed by atoms with E-state index in [4.69, 9.17) is 4.74 Å². The summed E-state index contributed by atoms with van der Waals surface area (Å²) < 4.78 is 5.30. The Balaban J connectivity index is 1.70. The number of rotatable bonds is 2. The van der Waals surface area contributed by atoms with Crippen molar-refractivity contribution in [2.75, 3.05) is 11.5 Å². The lowest BCUT2D eigenvalue weighted by Crippen LogP contribution is -2.54. The van der Waals surface area contributed by atoms with Crippen LogP contribution in [0.2, 0.25) is 0 Å². The van der Waals surface area contributed by atoms with Crippen LogP contribution in [0.5, 0.6) is 0 Å². The summed E-state index contributed by atoms with van der Waals surface area (Å²) in [6.07, 6.45) is 5.28. The topological polar surface area (TPSA) is 29.5 Å². The van der Waals surface area contributed by atoms with Crippen molar-refractivity contribution in [1.29, 1.82) is 0 Å². The molecule has 0 saturated heterocycles. The lowest BCUT2D eigenvalue weighted by Gasteiger charge is -2.47. The summed E-state index contributed by atoms with van der Waals surface area (Å²) in [6.45, 7) is 3.89. The Morgan fingerprint density at radius 2 is 2.15 bits per heavy atom. The molecule has 1 aliphatic heterocycles. The number of ether oxygens (including phenoxy) is 1. The van der Waals surface area contributed by atoms with Gasteiger partial charge in [0.15, 0.2) is 0 Å². The third-order valence-corrected chi connectivity index (χ3v) is 5.27. The van der Waals surface area contributed by atoms with Crippen LogP contribution < -0.4 is 4.90 Å². The molecular formula is C17H19NO2. The minimum absolute atomic E-state index is 0.213. The minimum atomic E-state index is -0.213. The second-order valence-electron chi connectivity index (χ2n) is 6.07. The molecule has 3 aliphatic rings. The maximum absolute atomic E-state index is 12.4. The van der Waals surface area contributed by atoms with Crippen molar-refractivity contribution in [1.82, 2.24) is 0 Å². The third-order valence-electron chi connectivity index (χ3n) is 5.27. The van der Waals surface area contributed by atoms with Crippen LogP contribution in [0.1, 0.15) is 30.7 Å². The van der Waals surface area contributed by atoms with E-state index >= 15 is 0 Å². The van der Waals surface area contributed by atoms with E-state index in [0.29, 0.717) is 17.9 Å². The summed E-state index contributed by atoms with van der Waals surface area (Å²) in [4.78, 5) is 14.3. The summed E-state index contributed by atoms with van der Waals surface area (Å²) in [7, 11) is 0. The number of benzene rings is 1. The largest absolute Gasteiger partial charge is 0.445 e.